The van der Waals surface area contributed by atoms with Crippen molar-refractivity contribution >= 4 is 11.8 Å². The molecule has 1 fully saturated rings. The molecule has 0 aliphatic carbocycles. The van der Waals surface area contributed by atoms with Crippen molar-refractivity contribution in [2.75, 3.05) is 27.2 Å². The second kappa shape index (κ2) is 8.31. The van der Waals surface area contributed by atoms with Crippen molar-refractivity contribution in [3.63, 3.8) is 0 Å². The number of hydrogen-bond acceptors (Lipinski definition) is 3. The molecule has 2 amide bonds. The van der Waals surface area contributed by atoms with E-state index in [4.69, 9.17) is 0 Å². The summed E-state index contributed by atoms with van der Waals surface area (Å²) in [5.74, 6) is -0.0324. The molecule has 0 saturated carbocycles. The number of nitrogens with zero attached hydrogens (tertiary/aromatic N) is 3. The van der Waals surface area contributed by atoms with E-state index in [1.54, 1.807) is 32.4 Å². The molecule has 0 atom stereocenters. The van der Waals surface area contributed by atoms with Crippen LogP contribution < -0.4 is 0 Å². The summed E-state index contributed by atoms with van der Waals surface area (Å²) < 4.78 is 13.2. The van der Waals surface area contributed by atoms with Crippen LogP contribution in [0.1, 0.15) is 54.2 Å². The lowest BCUT2D eigenvalue weighted by Crippen LogP contribution is -2.46. The molecule has 2 aromatic rings. The molecule has 0 bridgehead atoms. The fourth-order valence-electron chi connectivity index (χ4n) is 3.80. The molecule has 0 unspecified atom stereocenters. The van der Waals surface area contributed by atoms with Crippen LogP contribution in [0.5, 0.6) is 0 Å². The van der Waals surface area contributed by atoms with Crippen LogP contribution >= 0.6 is 0 Å². The molecular weight excluding hydrogens is 369 g/mol. The van der Waals surface area contributed by atoms with Crippen LogP contribution in [0.15, 0.2) is 42.6 Å². The lowest BCUT2D eigenvalue weighted by Gasteiger charge is -2.37. The number of piperidine rings is 1. The smallest absolute Gasteiger partial charge is 0.254 e. The minimum Gasteiger partial charge on any atom is -0.345 e. The van der Waals surface area contributed by atoms with Gasteiger partial charge in [0.25, 0.3) is 5.91 Å². The Balaban J connectivity index is 1.63. The predicted molar refractivity (Wildman–Crippen MR) is 110 cm³/mol. The quantitative estimate of drug-likeness (QED) is 0.792. The summed E-state index contributed by atoms with van der Waals surface area (Å²) in [6, 6.07) is 9.89. The Morgan fingerprint density at radius 3 is 2.21 bits per heavy atom. The molecule has 6 heteroatoms. The molecular formula is C23H28FN3O2. The number of pyridine rings is 1. The van der Waals surface area contributed by atoms with Crippen molar-refractivity contribution in [3.05, 3.63) is 65.2 Å². The molecule has 29 heavy (non-hydrogen) atoms. The first-order chi connectivity index (χ1) is 13.7. The van der Waals surface area contributed by atoms with E-state index in [9.17, 15) is 14.0 Å². The predicted octanol–water partition coefficient (Wildman–Crippen LogP) is 3.61. The number of likely N-dealkylation sites (tertiary alicyclic amines) is 1. The van der Waals surface area contributed by atoms with Crippen LogP contribution in [0.25, 0.3) is 0 Å². The van der Waals surface area contributed by atoms with E-state index in [0.717, 1.165) is 24.1 Å². The Morgan fingerprint density at radius 2 is 1.69 bits per heavy atom. The third-order valence-electron chi connectivity index (χ3n) is 5.74. The number of aromatic nitrogens is 1. The SMILES string of the molecule is CN(C)C(=O)c1ccc(C2CCN(C(=O)C(C)(C)c3ccc(F)cc3)CC2)nc1. The largest absolute Gasteiger partial charge is 0.345 e. The normalized spacial score (nSPS) is 15.3. The highest BCUT2D eigenvalue weighted by molar-refractivity contribution is 5.93. The number of rotatable bonds is 4. The Hall–Kier alpha value is -2.76. The van der Waals surface area contributed by atoms with Crippen LogP contribution in [-0.4, -0.2) is 53.8 Å². The van der Waals surface area contributed by atoms with Crippen LogP contribution in [-0.2, 0) is 10.2 Å². The third kappa shape index (κ3) is 4.47. The molecule has 1 aliphatic rings. The first-order valence-electron chi connectivity index (χ1n) is 9.93. The highest BCUT2D eigenvalue weighted by atomic mass is 19.1. The molecule has 0 radical (unpaired) electrons. The van der Waals surface area contributed by atoms with Crippen molar-refractivity contribution in [1.82, 2.24) is 14.8 Å². The second-order valence-corrected chi connectivity index (χ2v) is 8.37. The Bertz CT molecular complexity index is 868. The number of halogens is 1. The van der Waals surface area contributed by atoms with Gasteiger partial charge in [0.15, 0.2) is 0 Å². The molecule has 0 spiro atoms. The van der Waals surface area contributed by atoms with Crippen molar-refractivity contribution < 1.29 is 14.0 Å². The van der Waals surface area contributed by atoms with E-state index in [1.165, 1.54) is 17.0 Å². The van der Waals surface area contributed by atoms with Gasteiger partial charge in [0.2, 0.25) is 5.91 Å². The van der Waals surface area contributed by atoms with Crippen molar-refractivity contribution in [2.45, 2.75) is 38.0 Å². The van der Waals surface area contributed by atoms with Gasteiger partial charge < -0.3 is 9.80 Å². The minimum atomic E-state index is -0.701. The Kier molecular flexibility index (Phi) is 6.01. The highest BCUT2D eigenvalue weighted by Crippen LogP contribution is 2.31. The number of amides is 2. The van der Waals surface area contributed by atoms with Gasteiger partial charge in [0.1, 0.15) is 5.82 Å². The van der Waals surface area contributed by atoms with E-state index in [0.29, 0.717) is 18.7 Å². The zero-order chi connectivity index (χ0) is 21.2. The van der Waals surface area contributed by atoms with Gasteiger partial charge in [-0.3, -0.25) is 14.6 Å². The van der Waals surface area contributed by atoms with Gasteiger partial charge in [-0.25, -0.2) is 4.39 Å². The number of carbonyl (C=O) groups is 2. The number of carbonyl (C=O) groups excluding carboxylic acids is 2. The summed E-state index contributed by atoms with van der Waals surface area (Å²) in [5.41, 5.74) is 1.65. The Labute approximate surface area is 171 Å². The van der Waals surface area contributed by atoms with Gasteiger partial charge in [-0.15, -0.1) is 0 Å². The summed E-state index contributed by atoms with van der Waals surface area (Å²) >= 11 is 0. The highest BCUT2D eigenvalue weighted by Gasteiger charge is 2.35. The average Bonchev–Trinajstić information content (AvgIpc) is 2.73. The molecule has 3 rings (SSSR count). The molecule has 1 aromatic heterocycles. The molecule has 2 heterocycles. The number of hydrogen-bond donors (Lipinski definition) is 0. The lowest BCUT2D eigenvalue weighted by atomic mass is 9.82. The summed E-state index contributed by atoms with van der Waals surface area (Å²) in [4.78, 5) is 33.0. The monoisotopic (exact) mass is 397 g/mol. The first kappa shape index (κ1) is 21.0. The third-order valence-corrected chi connectivity index (χ3v) is 5.74. The van der Waals surface area contributed by atoms with Crippen molar-refractivity contribution in [2.24, 2.45) is 0 Å². The maximum absolute atomic E-state index is 13.2. The van der Waals surface area contributed by atoms with Gasteiger partial charge in [-0.1, -0.05) is 12.1 Å². The maximum Gasteiger partial charge on any atom is 0.254 e. The zero-order valence-corrected chi connectivity index (χ0v) is 17.5. The van der Waals surface area contributed by atoms with Gasteiger partial charge in [-0.05, 0) is 56.5 Å². The fourth-order valence-corrected chi connectivity index (χ4v) is 3.80. The summed E-state index contributed by atoms with van der Waals surface area (Å²) in [5, 5.41) is 0. The van der Waals surface area contributed by atoms with E-state index in [1.807, 2.05) is 30.9 Å². The molecule has 1 aliphatic heterocycles. The molecule has 1 saturated heterocycles. The topological polar surface area (TPSA) is 53.5 Å². The second-order valence-electron chi connectivity index (χ2n) is 8.37. The molecule has 0 N–H and O–H groups in total. The van der Waals surface area contributed by atoms with Crippen LogP contribution in [0.4, 0.5) is 4.39 Å². The van der Waals surface area contributed by atoms with Crippen molar-refractivity contribution in [1.29, 1.82) is 0 Å². The maximum atomic E-state index is 13.2. The van der Waals surface area contributed by atoms with Crippen LogP contribution in [0.2, 0.25) is 0 Å². The Morgan fingerprint density at radius 1 is 1.07 bits per heavy atom. The minimum absolute atomic E-state index is 0.0578. The average molecular weight is 397 g/mol. The molecule has 5 nitrogen and oxygen atoms in total. The van der Waals surface area contributed by atoms with E-state index in [2.05, 4.69) is 4.98 Å². The van der Waals surface area contributed by atoms with Crippen LogP contribution in [0.3, 0.4) is 0 Å². The van der Waals surface area contributed by atoms with Gasteiger partial charge in [0.05, 0.1) is 11.0 Å². The summed E-state index contributed by atoms with van der Waals surface area (Å²) in [6.07, 6.45) is 3.30. The van der Waals surface area contributed by atoms with Gasteiger partial charge >= 0.3 is 0 Å². The van der Waals surface area contributed by atoms with Gasteiger partial charge in [0, 0.05) is 45.0 Å². The lowest BCUT2D eigenvalue weighted by molar-refractivity contribution is -0.137. The molecule has 1 aromatic carbocycles. The number of benzene rings is 1. The van der Waals surface area contributed by atoms with E-state index in [-0.39, 0.29) is 23.5 Å². The van der Waals surface area contributed by atoms with Gasteiger partial charge in [-0.2, -0.15) is 0 Å². The standard InChI is InChI=1S/C23H28FN3O2/c1-23(2,18-6-8-19(24)9-7-18)22(29)27-13-11-16(12-14-27)20-10-5-17(15-25-20)21(28)26(3)4/h5-10,15-16H,11-14H2,1-4H3. The van der Waals surface area contributed by atoms with E-state index < -0.39 is 5.41 Å². The summed E-state index contributed by atoms with van der Waals surface area (Å²) in [7, 11) is 3.44. The summed E-state index contributed by atoms with van der Waals surface area (Å²) in [6.45, 7) is 5.09. The van der Waals surface area contributed by atoms with Crippen molar-refractivity contribution in [3.8, 4) is 0 Å². The first-order valence-corrected chi connectivity index (χ1v) is 9.93. The fraction of sp³-hybridized carbons (Fsp3) is 0.435. The zero-order valence-electron chi connectivity index (χ0n) is 17.5. The van der Waals surface area contributed by atoms with E-state index >= 15 is 0 Å². The van der Waals surface area contributed by atoms with Crippen LogP contribution in [0, 0.1) is 5.82 Å². The molecule has 154 valence electrons.